The Kier molecular flexibility index (Phi) is 5.70. The van der Waals surface area contributed by atoms with Gasteiger partial charge in [0, 0.05) is 18.0 Å². The first kappa shape index (κ1) is 19.2. The zero-order valence-electron chi connectivity index (χ0n) is 16.6. The second-order valence-corrected chi connectivity index (χ2v) is 6.58. The summed E-state index contributed by atoms with van der Waals surface area (Å²) in [6.07, 6.45) is 3.25. The Morgan fingerprint density at radius 3 is 2.53 bits per heavy atom. The van der Waals surface area contributed by atoms with E-state index in [2.05, 4.69) is 32.4 Å². The minimum absolute atomic E-state index is 0.432. The number of rotatable bonds is 7. The molecule has 0 fully saturated rings. The fourth-order valence-electron chi connectivity index (χ4n) is 3.08. The van der Waals surface area contributed by atoms with Crippen LogP contribution in [0.25, 0.3) is 0 Å². The summed E-state index contributed by atoms with van der Waals surface area (Å²) in [5, 5.41) is 3.25. The van der Waals surface area contributed by atoms with E-state index >= 15 is 0 Å². The number of anilines is 5. The lowest BCUT2D eigenvalue weighted by Crippen LogP contribution is -2.21. The second kappa shape index (κ2) is 8.91. The van der Waals surface area contributed by atoms with Gasteiger partial charge in [0.15, 0.2) is 11.6 Å². The number of aromatic nitrogens is 3. The Balaban J connectivity index is 1.71. The normalized spacial score (nSPS) is 10.4. The minimum atomic E-state index is 0.432. The van der Waals surface area contributed by atoms with Crippen molar-refractivity contribution in [1.82, 2.24) is 15.0 Å². The highest BCUT2D eigenvalue weighted by Crippen LogP contribution is 2.33. The number of nitrogens with two attached hydrogens (primary N) is 1. The smallest absolute Gasteiger partial charge is 0.163 e. The molecule has 7 heteroatoms. The van der Waals surface area contributed by atoms with Crippen LogP contribution in [-0.2, 0) is 6.54 Å². The molecule has 3 N–H and O–H groups in total. The van der Waals surface area contributed by atoms with Crippen molar-refractivity contribution >= 4 is 28.8 Å². The van der Waals surface area contributed by atoms with E-state index in [4.69, 9.17) is 10.5 Å². The standard InChI is InChI=1S/C23H22N6O/c1-30-19-11-7-10-18(14-19)28-22-21(24)23(27-16-26-22)29(20-12-5-6-13-25-20)15-17-8-3-2-4-9-17/h2-14,16H,15,24H2,1H3,(H,26,27,28). The molecule has 0 aliphatic heterocycles. The maximum Gasteiger partial charge on any atom is 0.163 e. The van der Waals surface area contributed by atoms with E-state index < -0.39 is 0 Å². The van der Waals surface area contributed by atoms with Crippen LogP contribution in [0.4, 0.5) is 28.8 Å². The molecule has 2 heterocycles. The molecular formula is C23H22N6O. The van der Waals surface area contributed by atoms with Gasteiger partial charge in [-0.15, -0.1) is 0 Å². The Bertz CT molecular complexity index is 1100. The van der Waals surface area contributed by atoms with Crippen LogP contribution in [0.3, 0.4) is 0 Å². The van der Waals surface area contributed by atoms with Crippen molar-refractivity contribution in [3.05, 3.63) is 90.9 Å². The first-order valence-electron chi connectivity index (χ1n) is 9.48. The van der Waals surface area contributed by atoms with E-state index in [-0.39, 0.29) is 0 Å². The number of hydrogen-bond acceptors (Lipinski definition) is 7. The Morgan fingerprint density at radius 1 is 0.933 bits per heavy atom. The summed E-state index contributed by atoms with van der Waals surface area (Å²) in [5.41, 5.74) is 8.87. The SMILES string of the molecule is COc1cccc(Nc2ncnc(N(Cc3ccccc3)c3ccccn3)c2N)c1. The summed E-state index contributed by atoms with van der Waals surface area (Å²) in [5.74, 6) is 2.59. The summed E-state index contributed by atoms with van der Waals surface area (Å²) >= 11 is 0. The van der Waals surface area contributed by atoms with E-state index in [0.717, 1.165) is 22.8 Å². The van der Waals surface area contributed by atoms with Gasteiger partial charge in [-0.3, -0.25) is 0 Å². The average molecular weight is 398 g/mol. The molecule has 7 nitrogen and oxygen atoms in total. The van der Waals surface area contributed by atoms with Crippen molar-refractivity contribution in [1.29, 1.82) is 0 Å². The van der Waals surface area contributed by atoms with E-state index in [1.165, 1.54) is 6.33 Å². The van der Waals surface area contributed by atoms with E-state index in [1.54, 1.807) is 13.3 Å². The molecule has 0 saturated heterocycles. The molecule has 0 bridgehead atoms. The van der Waals surface area contributed by atoms with Crippen LogP contribution >= 0.6 is 0 Å². The number of benzene rings is 2. The molecule has 0 aliphatic rings. The van der Waals surface area contributed by atoms with Crippen LogP contribution in [0.15, 0.2) is 85.3 Å². The van der Waals surface area contributed by atoms with E-state index in [9.17, 15) is 0 Å². The van der Waals surface area contributed by atoms with Gasteiger partial charge < -0.3 is 20.7 Å². The molecule has 4 rings (SSSR count). The molecule has 0 aliphatic carbocycles. The number of nitrogens with zero attached hydrogens (tertiary/aromatic N) is 4. The molecule has 2 aromatic carbocycles. The molecule has 0 radical (unpaired) electrons. The lowest BCUT2D eigenvalue weighted by molar-refractivity contribution is 0.415. The summed E-state index contributed by atoms with van der Waals surface area (Å²) in [4.78, 5) is 15.3. The topological polar surface area (TPSA) is 89.2 Å². The molecule has 0 saturated carbocycles. The molecule has 0 unspecified atom stereocenters. The summed E-state index contributed by atoms with van der Waals surface area (Å²) in [7, 11) is 1.63. The van der Waals surface area contributed by atoms with Gasteiger partial charge in [-0.05, 0) is 29.8 Å². The highest BCUT2D eigenvalue weighted by atomic mass is 16.5. The number of nitrogens with one attached hydrogen (secondary N) is 1. The van der Waals surface area contributed by atoms with Crippen molar-refractivity contribution in [2.45, 2.75) is 6.54 Å². The van der Waals surface area contributed by atoms with Crippen molar-refractivity contribution in [2.24, 2.45) is 0 Å². The first-order chi connectivity index (χ1) is 14.7. The highest BCUT2D eigenvalue weighted by molar-refractivity contribution is 5.81. The van der Waals surface area contributed by atoms with Crippen LogP contribution in [0.2, 0.25) is 0 Å². The maximum absolute atomic E-state index is 6.51. The van der Waals surface area contributed by atoms with Crippen LogP contribution < -0.4 is 20.7 Å². The minimum Gasteiger partial charge on any atom is -0.497 e. The number of nitrogen functional groups attached to an aromatic ring is 1. The third-order valence-corrected chi connectivity index (χ3v) is 4.56. The van der Waals surface area contributed by atoms with Crippen molar-refractivity contribution < 1.29 is 4.74 Å². The quantitative estimate of drug-likeness (QED) is 0.472. The lowest BCUT2D eigenvalue weighted by atomic mass is 10.2. The van der Waals surface area contributed by atoms with Crippen LogP contribution in [-0.4, -0.2) is 22.1 Å². The fourth-order valence-corrected chi connectivity index (χ4v) is 3.08. The van der Waals surface area contributed by atoms with Crippen molar-refractivity contribution in [3.63, 3.8) is 0 Å². The van der Waals surface area contributed by atoms with Gasteiger partial charge in [-0.2, -0.15) is 0 Å². The number of pyridine rings is 1. The second-order valence-electron chi connectivity index (χ2n) is 6.58. The van der Waals surface area contributed by atoms with Crippen molar-refractivity contribution in [2.75, 3.05) is 23.1 Å². The zero-order valence-corrected chi connectivity index (χ0v) is 16.6. The molecule has 4 aromatic rings. The summed E-state index contributed by atoms with van der Waals surface area (Å²) in [6, 6.07) is 23.4. The van der Waals surface area contributed by atoms with Gasteiger partial charge in [0.1, 0.15) is 23.6 Å². The predicted octanol–water partition coefficient (Wildman–Crippen LogP) is 4.54. The third kappa shape index (κ3) is 4.30. The zero-order chi connectivity index (χ0) is 20.8. The molecule has 30 heavy (non-hydrogen) atoms. The third-order valence-electron chi connectivity index (χ3n) is 4.56. The Labute approximate surface area is 175 Å². The van der Waals surface area contributed by atoms with Crippen LogP contribution in [0.5, 0.6) is 5.75 Å². The first-order valence-corrected chi connectivity index (χ1v) is 9.48. The van der Waals surface area contributed by atoms with Gasteiger partial charge in [-0.1, -0.05) is 42.5 Å². The molecule has 0 amide bonds. The van der Waals surface area contributed by atoms with Crippen LogP contribution in [0.1, 0.15) is 5.56 Å². The van der Waals surface area contributed by atoms with Gasteiger partial charge >= 0.3 is 0 Å². The van der Waals surface area contributed by atoms with E-state index in [0.29, 0.717) is 23.9 Å². The maximum atomic E-state index is 6.51. The summed E-state index contributed by atoms with van der Waals surface area (Å²) < 4.78 is 5.29. The lowest BCUT2D eigenvalue weighted by Gasteiger charge is -2.25. The number of hydrogen-bond donors (Lipinski definition) is 2. The van der Waals surface area contributed by atoms with Gasteiger partial charge in [-0.25, -0.2) is 15.0 Å². The van der Waals surface area contributed by atoms with Crippen LogP contribution in [0, 0.1) is 0 Å². The fraction of sp³-hybridized carbons (Fsp3) is 0.0870. The van der Waals surface area contributed by atoms with Gasteiger partial charge in [0.25, 0.3) is 0 Å². The molecular weight excluding hydrogens is 376 g/mol. The van der Waals surface area contributed by atoms with Gasteiger partial charge in [0.05, 0.1) is 13.7 Å². The van der Waals surface area contributed by atoms with Crippen molar-refractivity contribution in [3.8, 4) is 5.75 Å². The largest absolute Gasteiger partial charge is 0.497 e. The van der Waals surface area contributed by atoms with E-state index in [1.807, 2.05) is 65.6 Å². The Morgan fingerprint density at radius 2 is 1.77 bits per heavy atom. The van der Waals surface area contributed by atoms with Gasteiger partial charge in [0.2, 0.25) is 0 Å². The molecule has 2 aromatic heterocycles. The molecule has 150 valence electrons. The molecule has 0 spiro atoms. The summed E-state index contributed by atoms with van der Waals surface area (Å²) in [6.45, 7) is 0.567. The Hall–Kier alpha value is -4.13. The average Bonchev–Trinajstić information content (AvgIpc) is 2.80. The monoisotopic (exact) mass is 398 g/mol. The number of methoxy groups -OCH3 is 1. The number of ether oxygens (including phenoxy) is 1. The molecule has 0 atom stereocenters. The highest BCUT2D eigenvalue weighted by Gasteiger charge is 2.18. The predicted molar refractivity (Wildman–Crippen MR) is 119 cm³/mol.